The van der Waals surface area contributed by atoms with Crippen LogP contribution in [0.3, 0.4) is 0 Å². The fourth-order valence-electron chi connectivity index (χ4n) is 2.24. The standard InChI is InChI=1S/C19H15Cl2N3O2/c1-26-15-4-2-3-12(9-15)23-14-6-8-18(22-11-14)19(25)24-13-5-7-16(20)17(21)10-13/h2-11,23H,1H3,(H,24,25). The van der Waals surface area contributed by atoms with Gasteiger partial charge in [-0.1, -0.05) is 29.3 Å². The zero-order valence-corrected chi connectivity index (χ0v) is 15.3. The molecule has 7 heteroatoms. The van der Waals surface area contributed by atoms with Crippen LogP contribution in [0.5, 0.6) is 5.75 Å². The van der Waals surface area contributed by atoms with E-state index in [-0.39, 0.29) is 11.6 Å². The van der Waals surface area contributed by atoms with Crippen molar-refractivity contribution in [2.75, 3.05) is 17.7 Å². The van der Waals surface area contributed by atoms with Gasteiger partial charge in [0.2, 0.25) is 0 Å². The van der Waals surface area contributed by atoms with E-state index in [9.17, 15) is 4.79 Å². The summed E-state index contributed by atoms with van der Waals surface area (Å²) in [6.07, 6.45) is 1.59. The number of rotatable bonds is 5. The molecule has 0 aliphatic heterocycles. The van der Waals surface area contributed by atoms with Gasteiger partial charge in [-0.3, -0.25) is 4.79 Å². The maximum atomic E-state index is 12.3. The molecule has 0 atom stereocenters. The first-order valence-corrected chi connectivity index (χ1v) is 8.44. The first-order valence-electron chi connectivity index (χ1n) is 7.69. The van der Waals surface area contributed by atoms with Crippen LogP contribution >= 0.6 is 23.2 Å². The summed E-state index contributed by atoms with van der Waals surface area (Å²) in [7, 11) is 1.61. The van der Waals surface area contributed by atoms with E-state index >= 15 is 0 Å². The third-order valence-corrected chi connectivity index (χ3v) is 4.27. The second kappa shape index (κ2) is 8.08. The minimum Gasteiger partial charge on any atom is -0.497 e. The predicted octanol–water partition coefficient (Wildman–Crippen LogP) is 5.39. The molecule has 3 rings (SSSR count). The molecule has 0 radical (unpaired) electrons. The Kier molecular flexibility index (Phi) is 5.61. The topological polar surface area (TPSA) is 63.2 Å². The third-order valence-electron chi connectivity index (χ3n) is 3.53. The number of benzene rings is 2. The number of hydrogen-bond donors (Lipinski definition) is 2. The van der Waals surface area contributed by atoms with E-state index in [0.29, 0.717) is 15.7 Å². The van der Waals surface area contributed by atoms with Gasteiger partial charge in [-0.15, -0.1) is 0 Å². The second-order valence-corrected chi connectivity index (χ2v) is 6.19. The summed E-state index contributed by atoms with van der Waals surface area (Å²) in [5.74, 6) is 0.414. The number of carbonyl (C=O) groups is 1. The first-order chi connectivity index (χ1) is 12.5. The van der Waals surface area contributed by atoms with Crippen molar-refractivity contribution in [3.8, 4) is 5.75 Å². The van der Waals surface area contributed by atoms with Gasteiger partial charge in [0.15, 0.2) is 0 Å². The Hall–Kier alpha value is -2.76. The van der Waals surface area contributed by atoms with Gasteiger partial charge in [0.05, 0.1) is 29.0 Å². The van der Waals surface area contributed by atoms with E-state index in [4.69, 9.17) is 27.9 Å². The average Bonchev–Trinajstić information content (AvgIpc) is 2.65. The highest BCUT2D eigenvalue weighted by molar-refractivity contribution is 6.42. The molecule has 0 spiro atoms. The summed E-state index contributed by atoms with van der Waals surface area (Å²) in [5, 5.41) is 6.73. The number of amides is 1. The van der Waals surface area contributed by atoms with Crippen LogP contribution < -0.4 is 15.4 Å². The number of halogens is 2. The summed E-state index contributed by atoms with van der Waals surface area (Å²) in [5.41, 5.74) is 2.44. The Bertz CT molecular complexity index is 930. The molecule has 0 unspecified atom stereocenters. The number of ether oxygens (including phenoxy) is 1. The first kappa shape index (κ1) is 18.0. The van der Waals surface area contributed by atoms with Crippen LogP contribution in [0.15, 0.2) is 60.8 Å². The molecule has 1 heterocycles. The van der Waals surface area contributed by atoms with Crippen molar-refractivity contribution >= 4 is 46.2 Å². The lowest BCUT2D eigenvalue weighted by Gasteiger charge is -2.09. The number of nitrogens with one attached hydrogen (secondary N) is 2. The van der Waals surface area contributed by atoms with Crippen molar-refractivity contribution in [1.29, 1.82) is 0 Å². The molecule has 0 saturated carbocycles. The van der Waals surface area contributed by atoms with Gasteiger partial charge in [0.1, 0.15) is 11.4 Å². The zero-order chi connectivity index (χ0) is 18.5. The summed E-state index contributed by atoms with van der Waals surface area (Å²) in [4.78, 5) is 16.5. The summed E-state index contributed by atoms with van der Waals surface area (Å²) in [6, 6.07) is 15.8. The fourth-order valence-corrected chi connectivity index (χ4v) is 2.54. The van der Waals surface area contributed by atoms with E-state index < -0.39 is 0 Å². The molecule has 132 valence electrons. The van der Waals surface area contributed by atoms with E-state index in [1.54, 1.807) is 43.6 Å². The van der Waals surface area contributed by atoms with Crippen molar-refractivity contribution in [3.63, 3.8) is 0 Å². The maximum absolute atomic E-state index is 12.3. The summed E-state index contributed by atoms with van der Waals surface area (Å²) < 4.78 is 5.19. The number of methoxy groups -OCH3 is 1. The molecule has 0 bridgehead atoms. The molecule has 3 aromatic rings. The summed E-state index contributed by atoms with van der Waals surface area (Å²) >= 11 is 11.8. The van der Waals surface area contributed by atoms with Crippen LogP contribution in [0.2, 0.25) is 10.0 Å². The Balaban J connectivity index is 1.68. The lowest BCUT2D eigenvalue weighted by atomic mass is 10.2. The van der Waals surface area contributed by atoms with E-state index in [1.807, 2.05) is 24.3 Å². The molecule has 1 amide bonds. The monoisotopic (exact) mass is 387 g/mol. The lowest BCUT2D eigenvalue weighted by Crippen LogP contribution is -2.13. The summed E-state index contributed by atoms with van der Waals surface area (Å²) in [6.45, 7) is 0. The highest BCUT2D eigenvalue weighted by Crippen LogP contribution is 2.25. The minimum absolute atomic E-state index is 0.285. The predicted molar refractivity (Wildman–Crippen MR) is 105 cm³/mol. The van der Waals surface area contributed by atoms with Crippen LogP contribution in [-0.2, 0) is 0 Å². The van der Waals surface area contributed by atoms with Crippen molar-refractivity contribution in [3.05, 3.63) is 76.5 Å². The van der Waals surface area contributed by atoms with Crippen LogP contribution in [0.25, 0.3) is 0 Å². The smallest absolute Gasteiger partial charge is 0.274 e. The van der Waals surface area contributed by atoms with Gasteiger partial charge < -0.3 is 15.4 Å². The number of nitrogens with zero attached hydrogens (tertiary/aromatic N) is 1. The number of aromatic nitrogens is 1. The normalized spacial score (nSPS) is 10.3. The average molecular weight is 388 g/mol. The number of pyridine rings is 1. The molecule has 5 nitrogen and oxygen atoms in total. The zero-order valence-electron chi connectivity index (χ0n) is 13.8. The van der Waals surface area contributed by atoms with Gasteiger partial charge in [-0.2, -0.15) is 0 Å². The Morgan fingerprint density at radius 2 is 1.77 bits per heavy atom. The molecule has 2 N–H and O–H groups in total. The van der Waals surface area contributed by atoms with E-state index in [0.717, 1.165) is 17.1 Å². The number of anilines is 3. The number of hydrogen-bond acceptors (Lipinski definition) is 4. The highest BCUT2D eigenvalue weighted by Gasteiger charge is 2.09. The van der Waals surface area contributed by atoms with Gasteiger partial charge in [0.25, 0.3) is 5.91 Å². The van der Waals surface area contributed by atoms with E-state index in [2.05, 4.69) is 15.6 Å². The third kappa shape index (κ3) is 4.45. The molecule has 0 saturated heterocycles. The molecular formula is C19H15Cl2N3O2. The van der Waals surface area contributed by atoms with Crippen LogP contribution in [0, 0.1) is 0 Å². The quantitative estimate of drug-likeness (QED) is 0.615. The van der Waals surface area contributed by atoms with Crippen molar-refractivity contribution < 1.29 is 9.53 Å². The Morgan fingerprint density at radius 3 is 2.46 bits per heavy atom. The minimum atomic E-state index is -0.337. The molecule has 0 aliphatic carbocycles. The Morgan fingerprint density at radius 1 is 0.962 bits per heavy atom. The molecule has 0 fully saturated rings. The van der Waals surface area contributed by atoms with Gasteiger partial charge >= 0.3 is 0 Å². The molecule has 26 heavy (non-hydrogen) atoms. The van der Waals surface area contributed by atoms with Gasteiger partial charge in [-0.25, -0.2) is 4.98 Å². The van der Waals surface area contributed by atoms with Crippen LogP contribution in [0.1, 0.15) is 10.5 Å². The van der Waals surface area contributed by atoms with Gasteiger partial charge in [0, 0.05) is 17.4 Å². The Labute approximate surface area is 160 Å². The van der Waals surface area contributed by atoms with Crippen molar-refractivity contribution in [2.45, 2.75) is 0 Å². The molecule has 0 aliphatic rings. The second-order valence-electron chi connectivity index (χ2n) is 5.37. The van der Waals surface area contributed by atoms with Crippen LogP contribution in [0.4, 0.5) is 17.1 Å². The molecular weight excluding hydrogens is 373 g/mol. The lowest BCUT2D eigenvalue weighted by molar-refractivity contribution is 0.102. The fraction of sp³-hybridized carbons (Fsp3) is 0.0526. The van der Waals surface area contributed by atoms with Crippen LogP contribution in [-0.4, -0.2) is 18.0 Å². The molecule has 1 aromatic heterocycles. The van der Waals surface area contributed by atoms with E-state index in [1.165, 1.54) is 0 Å². The number of carbonyl (C=O) groups excluding carboxylic acids is 1. The van der Waals surface area contributed by atoms with Crippen molar-refractivity contribution in [2.24, 2.45) is 0 Å². The van der Waals surface area contributed by atoms with Crippen molar-refractivity contribution in [1.82, 2.24) is 4.98 Å². The van der Waals surface area contributed by atoms with Gasteiger partial charge in [-0.05, 0) is 42.5 Å². The largest absolute Gasteiger partial charge is 0.497 e. The maximum Gasteiger partial charge on any atom is 0.274 e. The SMILES string of the molecule is COc1cccc(Nc2ccc(C(=O)Nc3ccc(Cl)c(Cl)c3)nc2)c1. The highest BCUT2D eigenvalue weighted by atomic mass is 35.5. The molecule has 2 aromatic carbocycles.